The summed E-state index contributed by atoms with van der Waals surface area (Å²) in [5.74, 6) is -3.74. The van der Waals surface area contributed by atoms with Gasteiger partial charge in [0.05, 0.1) is 31.1 Å². The first-order valence-electron chi connectivity index (χ1n) is 12.2. The number of para-hydroxylation sites is 2. The SMILES string of the molecule is O=C1[C@H]2[C@H](C[C@H](COc3ccccc3)[C@@]3(O)O[C@H](c4ccccc4O)C[C@@H]23)C(=O)N1Cc1cccs1. The highest BCUT2D eigenvalue weighted by molar-refractivity contribution is 7.09. The van der Waals surface area contributed by atoms with Crippen molar-refractivity contribution in [3.8, 4) is 11.5 Å². The number of phenolic OH excluding ortho intramolecular Hbond substituents is 1. The van der Waals surface area contributed by atoms with Gasteiger partial charge >= 0.3 is 0 Å². The van der Waals surface area contributed by atoms with Gasteiger partial charge in [-0.05, 0) is 42.5 Å². The Balaban J connectivity index is 1.33. The molecule has 2 aromatic carbocycles. The average Bonchev–Trinajstić information content (AvgIpc) is 3.58. The van der Waals surface area contributed by atoms with Gasteiger partial charge in [-0.25, -0.2) is 0 Å². The van der Waals surface area contributed by atoms with E-state index in [1.165, 1.54) is 16.2 Å². The Morgan fingerprint density at radius 3 is 2.53 bits per heavy atom. The third-order valence-electron chi connectivity index (χ3n) is 7.83. The standard InChI is InChI=1S/C28H27NO6S/c30-23-11-5-4-10-20(23)24-14-22-25-21(26(31)29(27(25)32)15-19-9-6-12-36-19)13-17(28(22,33)35-24)16-34-18-7-2-1-3-8-18/h1-12,17,21-22,24-25,30,33H,13-16H2/t17-,21+,22+,24+,25+,28-/m1/s1. The molecule has 6 rings (SSSR count). The van der Waals surface area contributed by atoms with Crippen LogP contribution in [-0.2, 0) is 20.9 Å². The molecule has 7 nitrogen and oxygen atoms in total. The Labute approximate surface area is 212 Å². The number of phenols is 1. The molecule has 8 heteroatoms. The number of carbonyl (C=O) groups is 2. The first-order valence-corrected chi connectivity index (χ1v) is 13.1. The number of aliphatic hydroxyl groups is 1. The molecule has 3 aromatic rings. The molecule has 36 heavy (non-hydrogen) atoms. The minimum absolute atomic E-state index is 0.0755. The molecule has 2 N–H and O–H groups in total. The zero-order valence-electron chi connectivity index (χ0n) is 19.5. The van der Waals surface area contributed by atoms with Gasteiger partial charge < -0.3 is 19.7 Å². The molecule has 3 aliphatic rings. The van der Waals surface area contributed by atoms with Gasteiger partial charge in [-0.2, -0.15) is 0 Å². The van der Waals surface area contributed by atoms with Crippen molar-refractivity contribution in [3.63, 3.8) is 0 Å². The van der Waals surface area contributed by atoms with Crippen molar-refractivity contribution in [2.45, 2.75) is 31.3 Å². The number of likely N-dealkylation sites (tertiary alicyclic amines) is 1. The van der Waals surface area contributed by atoms with Crippen molar-refractivity contribution in [2.24, 2.45) is 23.7 Å². The summed E-state index contributed by atoms with van der Waals surface area (Å²) in [5, 5.41) is 24.4. The molecule has 1 aromatic heterocycles. The predicted molar refractivity (Wildman–Crippen MR) is 132 cm³/mol. The van der Waals surface area contributed by atoms with E-state index >= 15 is 0 Å². The number of thiophene rings is 1. The number of carbonyl (C=O) groups excluding carboxylic acids is 2. The summed E-state index contributed by atoms with van der Waals surface area (Å²) >= 11 is 1.50. The van der Waals surface area contributed by atoms with Crippen LogP contribution in [0.3, 0.4) is 0 Å². The lowest BCUT2D eigenvalue weighted by Crippen LogP contribution is -2.55. The number of fused-ring (bicyclic) bond motifs is 3. The number of rotatable bonds is 6. The molecule has 1 saturated carbocycles. The fourth-order valence-corrected chi connectivity index (χ4v) is 6.81. The van der Waals surface area contributed by atoms with Crippen LogP contribution in [0.15, 0.2) is 72.1 Å². The Morgan fingerprint density at radius 2 is 1.78 bits per heavy atom. The van der Waals surface area contributed by atoms with Crippen LogP contribution >= 0.6 is 11.3 Å². The second-order valence-corrected chi connectivity index (χ2v) is 10.8. The van der Waals surface area contributed by atoms with Gasteiger partial charge in [0.25, 0.3) is 0 Å². The predicted octanol–water partition coefficient (Wildman–Crippen LogP) is 4.12. The molecule has 2 amide bonds. The molecule has 0 bridgehead atoms. The number of amides is 2. The van der Waals surface area contributed by atoms with Crippen LogP contribution in [0.2, 0.25) is 0 Å². The fraction of sp³-hybridized carbons (Fsp3) is 0.357. The molecule has 186 valence electrons. The molecular weight excluding hydrogens is 478 g/mol. The maximum Gasteiger partial charge on any atom is 0.233 e. The van der Waals surface area contributed by atoms with E-state index in [4.69, 9.17) is 9.47 Å². The Kier molecular flexibility index (Phi) is 5.82. The van der Waals surface area contributed by atoms with E-state index in [-0.39, 0.29) is 37.1 Å². The molecular formula is C28H27NO6S. The number of imide groups is 1. The van der Waals surface area contributed by atoms with Crippen LogP contribution in [0.4, 0.5) is 0 Å². The van der Waals surface area contributed by atoms with Crippen LogP contribution in [0.1, 0.15) is 29.4 Å². The minimum Gasteiger partial charge on any atom is -0.508 e. The first kappa shape index (κ1) is 23.2. The van der Waals surface area contributed by atoms with Gasteiger partial charge in [-0.15, -0.1) is 11.3 Å². The lowest BCUT2D eigenvalue weighted by Gasteiger charge is -2.44. The zero-order valence-corrected chi connectivity index (χ0v) is 20.3. The smallest absolute Gasteiger partial charge is 0.233 e. The molecule has 0 spiro atoms. The number of benzene rings is 2. The monoisotopic (exact) mass is 505 g/mol. The summed E-state index contributed by atoms with van der Waals surface area (Å²) in [6, 6.07) is 20.0. The molecule has 3 heterocycles. The Bertz CT molecular complexity index is 1260. The van der Waals surface area contributed by atoms with E-state index in [0.717, 1.165) is 4.88 Å². The Hall–Kier alpha value is -3.20. The summed E-state index contributed by atoms with van der Waals surface area (Å²) in [6.45, 7) is 0.378. The van der Waals surface area contributed by atoms with Crippen LogP contribution < -0.4 is 4.74 Å². The van der Waals surface area contributed by atoms with Gasteiger partial charge in [-0.3, -0.25) is 14.5 Å². The van der Waals surface area contributed by atoms with Gasteiger partial charge in [0.15, 0.2) is 5.79 Å². The lowest BCUT2D eigenvalue weighted by atomic mass is 9.64. The van der Waals surface area contributed by atoms with Crippen molar-refractivity contribution in [1.82, 2.24) is 4.90 Å². The summed E-state index contributed by atoms with van der Waals surface area (Å²) in [4.78, 5) is 29.4. The third kappa shape index (κ3) is 3.80. The van der Waals surface area contributed by atoms with Crippen molar-refractivity contribution >= 4 is 23.2 Å². The van der Waals surface area contributed by atoms with Gasteiger partial charge in [0, 0.05) is 22.3 Å². The van der Waals surface area contributed by atoms with E-state index in [0.29, 0.717) is 17.7 Å². The molecule has 1 aliphatic carbocycles. The first-order chi connectivity index (χ1) is 17.5. The van der Waals surface area contributed by atoms with Crippen molar-refractivity contribution in [2.75, 3.05) is 6.61 Å². The maximum atomic E-state index is 13.6. The van der Waals surface area contributed by atoms with E-state index in [1.807, 2.05) is 47.8 Å². The van der Waals surface area contributed by atoms with Crippen LogP contribution in [0.5, 0.6) is 11.5 Å². The fourth-order valence-electron chi connectivity index (χ4n) is 6.12. The molecule has 0 unspecified atom stereocenters. The number of aromatic hydroxyl groups is 1. The summed E-state index contributed by atoms with van der Waals surface area (Å²) in [5.41, 5.74) is 0.562. The number of ether oxygens (including phenoxy) is 2. The number of hydrogen-bond acceptors (Lipinski definition) is 7. The average molecular weight is 506 g/mol. The van der Waals surface area contributed by atoms with Gasteiger partial charge in [0.1, 0.15) is 11.5 Å². The van der Waals surface area contributed by atoms with Crippen molar-refractivity contribution < 1.29 is 29.3 Å². The molecule has 2 aliphatic heterocycles. The van der Waals surface area contributed by atoms with E-state index in [1.54, 1.807) is 24.3 Å². The highest BCUT2D eigenvalue weighted by Crippen LogP contribution is 2.59. The van der Waals surface area contributed by atoms with Gasteiger partial charge in [-0.1, -0.05) is 42.5 Å². The van der Waals surface area contributed by atoms with E-state index in [9.17, 15) is 19.8 Å². The summed E-state index contributed by atoms with van der Waals surface area (Å²) in [6.07, 6.45) is 0.000304. The highest BCUT2D eigenvalue weighted by atomic mass is 32.1. The van der Waals surface area contributed by atoms with E-state index < -0.39 is 35.6 Å². The molecule has 6 atom stereocenters. The van der Waals surface area contributed by atoms with E-state index in [2.05, 4.69) is 0 Å². The van der Waals surface area contributed by atoms with Gasteiger partial charge in [0.2, 0.25) is 11.8 Å². The molecule has 0 radical (unpaired) electrons. The topological polar surface area (TPSA) is 96.3 Å². The number of nitrogens with zero attached hydrogens (tertiary/aromatic N) is 1. The number of hydrogen-bond donors (Lipinski definition) is 2. The zero-order chi connectivity index (χ0) is 24.9. The second-order valence-electron chi connectivity index (χ2n) is 9.79. The summed E-state index contributed by atoms with van der Waals surface area (Å²) < 4.78 is 12.3. The minimum atomic E-state index is -1.67. The third-order valence-corrected chi connectivity index (χ3v) is 8.69. The quantitative estimate of drug-likeness (QED) is 0.490. The van der Waals surface area contributed by atoms with Crippen molar-refractivity contribution in [3.05, 3.63) is 82.6 Å². The molecule has 3 fully saturated rings. The largest absolute Gasteiger partial charge is 0.508 e. The second kappa shape index (κ2) is 9.03. The van der Waals surface area contributed by atoms with Crippen LogP contribution in [0.25, 0.3) is 0 Å². The maximum absolute atomic E-state index is 13.6. The molecule has 2 saturated heterocycles. The van der Waals surface area contributed by atoms with Crippen LogP contribution in [-0.4, -0.2) is 39.3 Å². The highest BCUT2D eigenvalue weighted by Gasteiger charge is 2.67. The summed E-state index contributed by atoms with van der Waals surface area (Å²) in [7, 11) is 0. The van der Waals surface area contributed by atoms with Crippen LogP contribution in [0, 0.1) is 23.7 Å². The van der Waals surface area contributed by atoms with Crippen molar-refractivity contribution in [1.29, 1.82) is 0 Å². The normalized spacial score (nSPS) is 31.4. The Morgan fingerprint density at radius 1 is 1.00 bits per heavy atom. The lowest BCUT2D eigenvalue weighted by molar-refractivity contribution is -0.272.